The maximum Gasteiger partial charge on any atom is 0.335 e. The lowest BCUT2D eigenvalue weighted by Crippen LogP contribution is -2.47. The van der Waals surface area contributed by atoms with Crippen LogP contribution in [0, 0.1) is 0 Å². The Morgan fingerprint density at radius 1 is 0.846 bits per heavy atom. The molecule has 0 aromatic carbocycles. The van der Waals surface area contributed by atoms with E-state index in [0.29, 0.717) is 4.57 Å². The molecule has 2 fully saturated rings. The lowest BCUT2D eigenvalue weighted by molar-refractivity contribution is -0.0684. The first-order chi connectivity index (χ1) is 12.3. The second-order valence-corrected chi connectivity index (χ2v) is 6.17. The van der Waals surface area contributed by atoms with Crippen molar-refractivity contribution < 1.29 is 40.1 Å². The summed E-state index contributed by atoms with van der Waals surface area (Å²) in [6.07, 6.45) is -10.4. The summed E-state index contributed by atoms with van der Waals surface area (Å²) < 4.78 is 11.8. The highest BCUT2D eigenvalue weighted by atomic mass is 16.6. The van der Waals surface area contributed by atoms with Crippen LogP contribution in [-0.2, 0) is 9.47 Å². The molecule has 2 aliphatic heterocycles. The van der Waals surface area contributed by atoms with E-state index < -0.39 is 73.5 Å². The van der Waals surface area contributed by atoms with Crippen LogP contribution in [0.3, 0.4) is 0 Å². The van der Waals surface area contributed by atoms with E-state index >= 15 is 0 Å². The van der Waals surface area contributed by atoms with E-state index in [1.54, 1.807) is 0 Å². The van der Waals surface area contributed by atoms with Crippen molar-refractivity contribution in [3.63, 3.8) is 0 Å². The van der Waals surface area contributed by atoms with Gasteiger partial charge in [-0.2, -0.15) is 0 Å². The molecule has 3 rings (SSSR count). The van der Waals surface area contributed by atoms with Crippen LogP contribution in [-0.4, -0.2) is 89.6 Å². The van der Waals surface area contributed by atoms with Gasteiger partial charge in [0, 0.05) is 12.3 Å². The Labute approximate surface area is 145 Å². The number of rotatable bonds is 4. The number of hydrogen-bond donors (Lipinski definition) is 6. The lowest BCUT2D eigenvalue weighted by atomic mass is 10.1. The van der Waals surface area contributed by atoms with Gasteiger partial charge in [-0.15, -0.1) is 0 Å². The summed E-state index contributed by atoms with van der Waals surface area (Å²) in [5.74, 6) is 0. The molecule has 0 amide bonds. The van der Waals surface area contributed by atoms with Gasteiger partial charge in [0.2, 0.25) is 0 Å². The zero-order chi connectivity index (χ0) is 19.2. The van der Waals surface area contributed by atoms with Gasteiger partial charge >= 0.3 is 5.69 Å². The number of hydrogen-bond acceptors (Lipinski definition) is 10. The Kier molecular flexibility index (Phi) is 5.28. The van der Waals surface area contributed by atoms with Crippen LogP contribution in [0.15, 0.2) is 21.9 Å². The van der Waals surface area contributed by atoms with Gasteiger partial charge in [-0.05, 0) is 0 Å². The van der Waals surface area contributed by atoms with Crippen molar-refractivity contribution in [1.82, 2.24) is 9.13 Å². The third-order valence-electron chi connectivity index (χ3n) is 4.61. The Bertz CT molecular complexity index is 763. The van der Waals surface area contributed by atoms with E-state index in [0.717, 1.165) is 16.8 Å². The number of aromatic nitrogens is 2. The summed E-state index contributed by atoms with van der Waals surface area (Å²) in [7, 11) is 0. The second kappa shape index (κ2) is 7.17. The van der Waals surface area contributed by atoms with E-state index in [9.17, 15) is 30.0 Å². The summed E-state index contributed by atoms with van der Waals surface area (Å²) in [5.41, 5.74) is -1.89. The van der Waals surface area contributed by atoms with Crippen molar-refractivity contribution in [3.8, 4) is 0 Å². The van der Waals surface area contributed by atoms with Crippen molar-refractivity contribution in [2.24, 2.45) is 0 Å². The topological polar surface area (TPSA) is 184 Å². The van der Waals surface area contributed by atoms with Gasteiger partial charge in [0.15, 0.2) is 12.5 Å². The molecule has 8 atom stereocenters. The minimum absolute atomic E-state index is 0.512. The third kappa shape index (κ3) is 2.90. The maximum atomic E-state index is 12.7. The molecule has 1 aromatic heterocycles. The fraction of sp³-hybridized carbons (Fsp3) is 0.714. The average molecular weight is 376 g/mol. The SMILES string of the molecule is O=c1ccn([C@@H]2O[C@H](CO)[C@@H](O)[C@H]2O)c(=O)n1C1O[C@H](CO)[C@@H](O)[C@@H]1O. The molecule has 12 heteroatoms. The van der Waals surface area contributed by atoms with Crippen LogP contribution in [0.1, 0.15) is 12.5 Å². The minimum atomic E-state index is -1.65. The quantitative estimate of drug-likeness (QED) is 0.298. The van der Waals surface area contributed by atoms with Gasteiger partial charge in [0.05, 0.1) is 13.2 Å². The van der Waals surface area contributed by atoms with Crippen molar-refractivity contribution in [2.45, 2.75) is 49.1 Å². The zero-order valence-electron chi connectivity index (χ0n) is 13.4. The fourth-order valence-electron chi connectivity index (χ4n) is 3.14. The van der Waals surface area contributed by atoms with Crippen molar-refractivity contribution in [3.05, 3.63) is 33.1 Å². The summed E-state index contributed by atoms with van der Waals surface area (Å²) >= 11 is 0. The van der Waals surface area contributed by atoms with Gasteiger partial charge in [-0.25, -0.2) is 9.36 Å². The fourth-order valence-corrected chi connectivity index (χ4v) is 3.14. The first-order valence-corrected chi connectivity index (χ1v) is 7.90. The van der Waals surface area contributed by atoms with Crippen LogP contribution in [0.4, 0.5) is 0 Å². The Balaban J connectivity index is 2.01. The monoisotopic (exact) mass is 376 g/mol. The number of aliphatic hydroxyl groups is 6. The molecular formula is C14H20N2O10. The van der Waals surface area contributed by atoms with Crippen molar-refractivity contribution in [1.29, 1.82) is 0 Å². The van der Waals surface area contributed by atoms with Crippen LogP contribution >= 0.6 is 0 Å². The van der Waals surface area contributed by atoms with Crippen molar-refractivity contribution >= 4 is 0 Å². The Hall–Kier alpha value is -1.64. The third-order valence-corrected chi connectivity index (χ3v) is 4.61. The number of aliphatic hydroxyl groups excluding tert-OH is 6. The lowest BCUT2D eigenvalue weighted by Gasteiger charge is -2.21. The largest absolute Gasteiger partial charge is 0.394 e. The van der Waals surface area contributed by atoms with E-state index in [1.165, 1.54) is 0 Å². The van der Waals surface area contributed by atoms with E-state index in [4.69, 9.17) is 19.7 Å². The molecule has 6 N–H and O–H groups in total. The summed E-state index contributed by atoms with van der Waals surface area (Å²) in [4.78, 5) is 24.8. The highest BCUT2D eigenvalue weighted by Gasteiger charge is 2.46. The highest BCUT2D eigenvalue weighted by Crippen LogP contribution is 2.29. The van der Waals surface area contributed by atoms with Crippen LogP contribution in [0.2, 0.25) is 0 Å². The van der Waals surface area contributed by atoms with E-state index in [1.807, 2.05) is 0 Å². The average Bonchev–Trinajstić information content (AvgIpc) is 3.06. The first-order valence-electron chi connectivity index (χ1n) is 7.90. The molecule has 26 heavy (non-hydrogen) atoms. The molecule has 0 bridgehead atoms. The molecule has 0 aliphatic carbocycles. The van der Waals surface area contributed by atoms with Crippen LogP contribution in [0.5, 0.6) is 0 Å². The molecule has 0 spiro atoms. The molecule has 1 aromatic rings. The minimum Gasteiger partial charge on any atom is -0.394 e. The van der Waals surface area contributed by atoms with Gasteiger partial charge in [0.25, 0.3) is 5.56 Å². The molecule has 0 radical (unpaired) electrons. The van der Waals surface area contributed by atoms with Gasteiger partial charge in [-0.3, -0.25) is 9.36 Å². The smallest absolute Gasteiger partial charge is 0.335 e. The summed E-state index contributed by atoms with van der Waals surface area (Å²) in [5, 5.41) is 58.0. The number of nitrogens with zero attached hydrogens (tertiary/aromatic N) is 2. The molecule has 3 heterocycles. The van der Waals surface area contributed by atoms with Crippen LogP contribution < -0.4 is 11.2 Å². The molecule has 2 aliphatic rings. The van der Waals surface area contributed by atoms with Crippen LogP contribution in [0.25, 0.3) is 0 Å². The predicted molar refractivity (Wildman–Crippen MR) is 81.0 cm³/mol. The zero-order valence-corrected chi connectivity index (χ0v) is 13.4. The van der Waals surface area contributed by atoms with Gasteiger partial charge < -0.3 is 40.1 Å². The van der Waals surface area contributed by atoms with Gasteiger partial charge in [0.1, 0.15) is 36.6 Å². The maximum absolute atomic E-state index is 12.7. The molecule has 12 nitrogen and oxygen atoms in total. The van der Waals surface area contributed by atoms with E-state index in [-0.39, 0.29) is 0 Å². The highest BCUT2D eigenvalue weighted by molar-refractivity contribution is 4.98. The molecular weight excluding hydrogens is 356 g/mol. The Morgan fingerprint density at radius 3 is 1.85 bits per heavy atom. The van der Waals surface area contributed by atoms with E-state index in [2.05, 4.69) is 0 Å². The Morgan fingerprint density at radius 2 is 1.35 bits per heavy atom. The molecule has 2 saturated heterocycles. The number of ether oxygens (including phenoxy) is 2. The first kappa shape index (κ1) is 19.1. The molecule has 1 unspecified atom stereocenters. The summed E-state index contributed by atoms with van der Waals surface area (Å²) in [6.45, 7) is -1.24. The second-order valence-electron chi connectivity index (χ2n) is 6.17. The molecule has 0 saturated carbocycles. The summed E-state index contributed by atoms with van der Waals surface area (Å²) in [6, 6.07) is 0.949. The predicted octanol–water partition coefficient (Wildman–Crippen LogP) is -4.77. The van der Waals surface area contributed by atoms with Crippen molar-refractivity contribution in [2.75, 3.05) is 13.2 Å². The van der Waals surface area contributed by atoms with Gasteiger partial charge in [-0.1, -0.05) is 0 Å². The molecule has 146 valence electrons. The standard InChI is InChI=1S/C14H20N2O10/c17-3-5-8(20)10(22)12(25-5)15-2-1-7(19)16(14(15)24)13-11(23)9(21)6(4-18)26-13/h1-2,5-6,8-13,17-18,20-23H,3-4H2/t5-,6-,8-,9-,10-,11+,12-,13?/m1/s1. The normalized spacial score (nSPS) is 40.2.